The van der Waals surface area contributed by atoms with E-state index in [1.54, 1.807) is 13.8 Å². The fourth-order valence-corrected chi connectivity index (χ4v) is 5.60. The number of aliphatic carboxylic acids is 2. The lowest BCUT2D eigenvalue weighted by molar-refractivity contribution is -0.136. The second-order valence-corrected chi connectivity index (χ2v) is 8.96. The Labute approximate surface area is 180 Å². The van der Waals surface area contributed by atoms with Crippen molar-refractivity contribution in [3.8, 4) is 0 Å². The molecule has 0 spiro atoms. The van der Waals surface area contributed by atoms with Crippen molar-refractivity contribution in [3.05, 3.63) is 58.4 Å². The topological polar surface area (TPSA) is 77.8 Å². The van der Waals surface area contributed by atoms with E-state index in [0.29, 0.717) is 30.8 Å². The predicted molar refractivity (Wildman–Crippen MR) is 119 cm³/mol. The standard InChI is InChI=1S/C25H35NO4/c1-8-25(16(3)15-24(6,7)19-13-11-10-12-14-19)20(22(27)28)17(4)26(9-2)18(5)21(25)23(29)30/h10-14,16H,8-9,15H2,1-7H3,(H,27,28)(H,29,30). The number of carboxylic acids is 2. The van der Waals surface area contributed by atoms with Crippen LogP contribution >= 0.6 is 0 Å². The van der Waals surface area contributed by atoms with Gasteiger partial charge >= 0.3 is 11.9 Å². The van der Waals surface area contributed by atoms with E-state index < -0.39 is 17.4 Å². The first kappa shape index (κ1) is 23.7. The number of rotatable bonds is 8. The largest absolute Gasteiger partial charge is 0.478 e. The maximum absolute atomic E-state index is 12.5. The lowest BCUT2D eigenvalue weighted by Gasteiger charge is -2.48. The Balaban J connectivity index is 2.72. The SMILES string of the molecule is CCN1C(C)=C(C(=O)O)C(CC)(C(C)CC(C)(C)c2ccccc2)C(C(=O)O)=C1C. The Kier molecular flexibility index (Phi) is 6.85. The molecule has 0 aliphatic carbocycles. The minimum atomic E-state index is -1.07. The highest BCUT2D eigenvalue weighted by atomic mass is 16.4. The average Bonchev–Trinajstić information content (AvgIpc) is 2.67. The first-order chi connectivity index (χ1) is 14.0. The van der Waals surface area contributed by atoms with Crippen LogP contribution in [0.3, 0.4) is 0 Å². The molecule has 1 aliphatic rings. The molecule has 30 heavy (non-hydrogen) atoms. The van der Waals surface area contributed by atoms with Crippen LogP contribution in [0.5, 0.6) is 0 Å². The van der Waals surface area contributed by atoms with Crippen LogP contribution < -0.4 is 0 Å². The van der Waals surface area contributed by atoms with Crippen LogP contribution in [0, 0.1) is 11.3 Å². The summed E-state index contributed by atoms with van der Waals surface area (Å²) in [6.07, 6.45) is 1.07. The van der Waals surface area contributed by atoms with E-state index in [-0.39, 0.29) is 22.5 Å². The van der Waals surface area contributed by atoms with Crippen LogP contribution in [0.15, 0.2) is 52.9 Å². The first-order valence-corrected chi connectivity index (χ1v) is 10.7. The van der Waals surface area contributed by atoms with Gasteiger partial charge in [0.15, 0.2) is 0 Å². The minimum absolute atomic E-state index is 0.196. The van der Waals surface area contributed by atoms with Crippen LogP contribution in [0.4, 0.5) is 0 Å². The lowest BCUT2D eigenvalue weighted by atomic mass is 9.57. The lowest BCUT2D eigenvalue weighted by Crippen LogP contribution is -2.47. The van der Waals surface area contributed by atoms with Crippen LogP contribution in [0.1, 0.15) is 66.9 Å². The molecule has 0 radical (unpaired) electrons. The minimum Gasteiger partial charge on any atom is -0.478 e. The van der Waals surface area contributed by atoms with Crippen molar-refractivity contribution < 1.29 is 19.8 Å². The number of hydrogen-bond donors (Lipinski definition) is 2. The number of carboxylic acid groups (broad SMARTS) is 2. The molecule has 2 N–H and O–H groups in total. The molecule has 1 atom stereocenters. The smallest absolute Gasteiger partial charge is 0.334 e. The van der Waals surface area contributed by atoms with Gasteiger partial charge in [-0.2, -0.15) is 0 Å². The molecule has 0 saturated carbocycles. The van der Waals surface area contributed by atoms with Gasteiger partial charge < -0.3 is 15.1 Å². The van der Waals surface area contributed by atoms with Crippen molar-refractivity contribution in [2.75, 3.05) is 6.54 Å². The zero-order valence-corrected chi connectivity index (χ0v) is 19.2. The molecule has 5 heteroatoms. The van der Waals surface area contributed by atoms with Gasteiger partial charge in [-0.1, -0.05) is 58.0 Å². The summed E-state index contributed by atoms with van der Waals surface area (Å²) in [5, 5.41) is 20.5. The first-order valence-electron chi connectivity index (χ1n) is 10.7. The molecule has 1 aromatic rings. The zero-order valence-electron chi connectivity index (χ0n) is 19.2. The monoisotopic (exact) mass is 413 g/mol. The van der Waals surface area contributed by atoms with Crippen molar-refractivity contribution in [2.45, 2.75) is 66.7 Å². The molecule has 0 amide bonds. The molecule has 1 aromatic carbocycles. The Morgan fingerprint density at radius 1 is 1.00 bits per heavy atom. The van der Waals surface area contributed by atoms with Crippen molar-refractivity contribution in [1.29, 1.82) is 0 Å². The van der Waals surface area contributed by atoms with E-state index in [1.165, 1.54) is 0 Å². The third-order valence-electron chi connectivity index (χ3n) is 6.94. The zero-order chi connectivity index (χ0) is 22.9. The summed E-state index contributed by atoms with van der Waals surface area (Å²) in [5.41, 5.74) is 1.56. The Morgan fingerprint density at radius 2 is 1.47 bits per heavy atom. The molecule has 2 rings (SSSR count). The quantitative estimate of drug-likeness (QED) is 0.593. The number of nitrogens with zero attached hydrogens (tertiary/aromatic N) is 1. The van der Waals surface area contributed by atoms with Gasteiger partial charge in [0.2, 0.25) is 0 Å². The van der Waals surface area contributed by atoms with Gasteiger partial charge in [0.25, 0.3) is 0 Å². The Morgan fingerprint density at radius 3 is 1.83 bits per heavy atom. The summed E-state index contributed by atoms with van der Waals surface area (Å²) < 4.78 is 0. The van der Waals surface area contributed by atoms with Crippen molar-refractivity contribution >= 4 is 11.9 Å². The van der Waals surface area contributed by atoms with E-state index in [9.17, 15) is 19.8 Å². The number of benzene rings is 1. The second kappa shape index (κ2) is 8.66. The number of hydrogen-bond acceptors (Lipinski definition) is 3. The third-order valence-corrected chi connectivity index (χ3v) is 6.94. The van der Waals surface area contributed by atoms with Crippen LogP contribution in [0.2, 0.25) is 0 Å². The fraction of sp³-hybridized carbons (Fsp3) is 0.520. The molecule has 1 heterocycles. The highest BCUT2D eigenvalue weighted by molar-refractivity contribution is 5.98. The molecule has 164 valence electrons. The number of carbonyl (C=O) groups is 2. The summed E-state index contributed by atoms with van der Waals surface area (Å²) in [7, 11) is 0. The van der Waals surface area contributed by atoms with Gasteiger partial charge in [0.1, 0.15) is 0 Å². The molecule has 5 nitrogen and oxygen atoms in total. The van der Waals surface area contributed by atoms with Gasteiger partial charge in [-0.25, -0.2) is 9.59 Å². The summed E-state index contributed by atoms with van der Waals surface area (Å²) in [5.74, 6) is -2.27. The molecule has 0 bridgehead atoms. The summed E-state index contributed by atoms with van der Waals surface area (Å²) in [6, 6.07) is 10.1. The number of allylic oxidation sites excluding steroid dienone is 2. The van der Waals surface area contributed by atoms with Crippen LogP contribution in [0.25, 0.3) is 0 Å². The molecule has 0 saturated heterocycles. The summed E-state index contributed by atoms with van der Waals surface area (Å²) in [4.78, 5) is 26.8. The average molecular weight is 414 g/mol. The van der Waals surface area contributed by atoms with Gasteiger partial charge in [-0.15, -0.1) is 0 Å². The third kappa shape index (κ3) is 3.78. The van der Waals surface area contributed by atoms with E-state index in [4.69, 9.17) is 0 Å². The van der Waals surface area contributed by atoms with Crippen LogP contribution in [-0.2, 0) is 15.0 Å². The maximum atomic E-state index is 12.5. The Bertz CT molecular complexity index is 842. The predicted octanol–water partition coefficient (Wildman–Crippen LogP) is 5.44. The van der Waals surface area contributed by atoms with E-state index in [0.717, 1.165) is 5.56 Å². The van der Waals surface area contributed by atoms with Crippen molar-refractivity contribution in [1.82, 2.24) is 4.90 Å². The molecule has 0 aromatic heterocycles. The van der Waals surface area contributed by atoms with E-state index in [1.807, 2.05) is 43.9 Å². The van der Waals surface area contributed by atoms with Crippen molar-refractivity contribution in [2.24, 2.45) is 11.3 Å². The van der Waals surface area contributed by atoms with Crippen molar-refractivity contribution in [3.63, 3.8) is 0 Å². The second-order valence-electron chi connectivity index (χ2n) is 8.96. The Hall–Kier alpha value is -2.56. The fourth-order valence-electron chi connectivity index (χ4n) is 5.60. The summed E-state index contributed by atoms with van der Waals surface area (Å²) in [6.45, 7) is 14.2. The molecule has 0 fully saturated rings. The van der Waals surface area contributed by atoms with E-state index >= 15 is 0 Å². The summed E-state index contributed by atoms with van der Waals surface area (Å²) >= 11 is 0. The maximum Gasteiger partial charge on any atom is 0.334 e. The van der Waals surface area contributed by atoms with Crippen LogP contribution in [-0.4, -0.2) is 33.6 Å². The molecule has 1 unspecified atom stereocenters. The normalized spacial score (nSPS) is 17.9. The molecular weight excluding hydrogens is 378 g/mol. The highest BCUT2D eigenvalue weighted by Crippen LogP contribution is 2.54. The van der Waals surface area contributed by atoms with Gasteiger partial charge in [-0.3, -0.25) is 0 Å². The van der Waals surface area contributed by atoms with E-state index in [2.05, 4.69) is 26.0 Å². The van der Waals surface area contributed by atoms with Gasteiger partial charge in [-0.05, 0) is 50.5 Å². The van der Waals surface area contributed by atoms with Gasteiger partial charge in [0.05, 0.1) is 11.1 Å². The molecular formula is C25H35NO4. The molecule has 1 aliphatic heterocycles. The van der Waals surface area contributed by atoms with Gasteiger partial charge in [0, 0.05) is 23.4 Å². The highest BCUT2D eigenvalue weighted by Gasteiger charge is 2.53.